The van der Waals surface area contributed by atoms with Gasteiger partial charge in [0.05, 0.1) is 11.6 Å². The van der Waals surface area contributed by atoms with E-state index in [2.05, 4.69) is 18.0 Å². The van der Waals surface area contributed by atoms with Gasteiger partial charge >= 0.3 is 0 Å². The number of hydrogen-bond donors (Lipinski definition) is 1. The van der Waals surface area contributed by atoms with Crippen LogP contribution in [0.1, 0.15) is 25.8 Å². The van der Waals surface area contributed by atoms with Gasteiger partial charge in [-0.2, -0.15) is 0 Å². The molecule has 0 aliphatic carbocycles. The van der Waals surface area contributed by atoms with Crippen LogP contribution in [0.2, 0.25) is 0 Å². The molecule has 0 aliphatic heterocycles. The molecule has 0 saturated heterocycles. The van der Waals surface area contributed by atoms with Crippen molar-refractivity contribution in [2.75, 3.05) is 0 Å². The van der Waals surface area contributed by atoms with E-state index in [1.54, 1.807) is 0 Å². The van der Waals surface area contributed by atoms with Crippen molar-refractivity contribution >= 4 is 10.9 Å². The number of benzene rings is 1. The molecule has 0 aliphatic rings. The smallest absolute Gasteiger partial charge is 0.218 e. The largest absolute Gasteiger partial charge is 0.474 e. The van der Waals surface area contributed by atoms with Crippen LogP contribution >= 0.6 is 0 Å². The van der Waals surface area contributed by atoms with E-state index in [4.69, 9.17) is 10.5 Å². The van der Waals surface area contributed by atoms with E-state index < -0.39 is 0 Å². The molecule has 0 radical (unpaired) electrons. The quantitative estimate of drug-likeness (QED) is 0.878. The predicted molar refractivity (Wildman–Crippen MR) is 70.0 cm³/mol. The van der Waals surface area contributed by atoms with Crippen LogP contribution in [0.5, 0.6) is 5.88 Å². The van der Waals surface area contributed by atoms with Gasteiger partial charge in [0.15, 0.2) is 0 Å². The molecule has 0 saturated carbocycles. The van der Waals surface area contributed by atoms with Crippen molar-refractivity contribution in [1.82, 2.24) is 4.98 Å². The lowest BCUT2D eigenvalue weighted by molar-refractivity contribution is 0.207. The summed E-state index contributed by atoms with van der Waals surface area (Å²) in [5.74, 6) is 0.667. The van der Waals surface area contributed by atoms with Crippen LogP contribution in [0.3, 0.4) is 0 Å². The van der Waals surface area contributed by atoms with E-state index in [1.165, 1.54) is 0 Å². The number of hydrogen-bond acceptors (Lipinski definition) is 3. The highest BCUT2D eigenvalue weighted by Crippen LogP contribution is 2.23. The first-order valence-corrected chi connectivity index (χ1v) is 6.00. The molecule has 1 aromatic heterocycles. The first-order chi connectivity index (χ1) is 8.24. The Morgan fingerprint density at radius 2 is 2.12 bits per heavy atom. The molecule has 3 heteroatoms. The second-order valence-electron chi connectivity index (χ2n) is 4.19. The van der Waals surface area contributed by atoms with E-state index in [9.17, 15) is 0 Å². The molecule has 0 spiro atoms. The van der Waals surface area contributed by atoms with Gasteiger partial charge in [-0.15, -0.1) is 0 Å². The number of pyridine rings is 1. The van der Waals surface area contributed by atoms with Crippen LogP contribution in [-0.4, -0.2) is 11.1 Å². The summed E-state index contributed by atoms with van der Waals surface area (Å²) in [7, 11) is 0. The average Bonchev–Trinajstić information content (AvgIpc) is 2.37. The van der Waals surface area contributed by atoms with Crippen LogP contribution in [0.15, 0.2) is 30.3 Å². The fraction of sp³-hybridized carbons (Fsp3) is 0.357. The van der Waals surface area contributed by atoms with Crippen LogP contribution < -0.4 is 10.5 Å². The summed E-state index contributed by atoms with van der Waals surface area (Å²) >= 11 is 0. The number of fused-ring (bicyclic) bond motifs is 1. The molecule has 17 heavy (non-hydrogen) atoms. The molecule has 1 aromatic carbocycles. The van der Waals surface area contributed by atoms with E-state index in [1.807, 2.05) is 31.2 Å². The van der Waals surface area contributed by atoms with Gasteiger partial charge in [-0.1, -0.05) is 25.1 Å². The first-order valence-electron chi connectivity index (χ1n) is 6.00. The molecule has 0 amide bonds. The van der Waals surface area contributed by atoms with Crippen molar-refractivity contribution in [2.45, 2.75) is 32.9 Å². The maximum atomic E-state index is 5.80. The summed E-state index contributed by atoms with van der Waals surface area (Å²) in [6.45, 7) is 4.58. The van der Waals surface area contributed by atoms with Crippen LogP contribution in [0.25, 0.3) is 10.9 Å². The highest BCUT2D eigenvalue weighted by atomic mass is 16.5. The Balaban J connectivity index is 2.45. The van der Waals surface area contributed by atoms with Crippen molar-refractivity contribution < 1.29 is 4.74 Å². The number of nitrogens with two attached hydrogens (primary N) is 1. The molecule has 2 aromatic rings. The van der Waals surface area contributed by atoms with Crippen molar-refractivity contribution in [2.24, 2.45) is 5.73 Å². The van der Waals surface area contributed by atoms with Gasteiger partial charge in [-0.3, -0.25) is 0 Å². The maximum absolute atomic E-state index is 5.80. The molecule has 90 valence electrons. The van der Waals surface area contributed by atoms with Crippen molar-refractivity contribution in [3.05, 3.63) is 35.9 Å². The number of nitrogens with zero attached hydrogens (tertiary/aromatic N) is 1. The predicted octanol–water partition coefficient (Wildman–Crippen LogP) is 2.87. The van der Waals surface area contributed by atoms with Crippen LogP contribution in [0.4, 0.5) is 0 Å². The van der Waals surface area contributed by atoms with Crippen LogP contribution in [-0.2, 0) is 6.54 Å². The number of para-hydroxylation sites is 1. The maximum Gasteiger partial charge on any atom is 0.218 e. The van der Waals surface area contributed by atoms with E-state index in [0.717, 1.165) is 22.9 Å². The van der Waals surface area contributed by atoms with Gasteiger partial charge in [-0.05, 0) is 25.5 Å². The normalized spacial score (nSPS) is 12.6. The lowest BCUT2D eigenvalue weighted by atomic mass is 10.1. The molecule has 1 heterocycles. The Morgan fingerprint density at radius 1 is 1.35 bits per heavy atom. The van der Waals surface area contributed by atoms with E-state index in [-0.39, 0.29) is 6.10 Å². The minimum atomic E-state index is 0.161. The molecule has 3 nitrogen and oxygen atoms in total. The topological polar surface area (TPSA) is 48.1 Å². The summed E-state index contributed by atoms with van der Waals surface area (Å²) < 4.78 is 5.80. The summed E-state index contributed by atoms with van der Waals surface area (Å²) in [6.07, 6.45) is 1.12. The Kier molecular flexibility index (Phi) is 3.59. The minimum Gasteiger partial charge on any atom is -0.474 e. The summed E-state index contributed by atoms with van der Waals surface area (Å²) in [5, 5.41) is 1.10. The SMILES string of the molecule is CCC(C)Oc1nc2ccccc2cc1CN. The zero-order chi connectivity index (χ0) is 12.3. The lowest BCUT2D eigenvalue weighted by Gasteiger charge is -2.15. The molecule has 1 unspecified atom stereocenters. The Bertz CT molecular complexity index is 511. The van der Waals surface area contributed by atoms with Crippen molar-refractivity contribution in [3.63, 3.8) is 0 Å². The van der Waals surface area contributed by atoms with Crippen molar-refractivity contribution in [1.29, 1.82) is 0 Å². The van der Waals surface area contributed by atoms with Gasteiger partial charge in [0.2, 0.25) is 5.88 Å². The zero-order valence-electron chi connectivity index (χ0n) is 10.3. The molecular formula is C14H18N2O. The third kappa shape index (κ3) is 2.56. The molecule has 2 N–H and O–H groups in total. The highest BCUT2D eigenvalue weighted by molar-refractivity contribution is 5.80. The first kappa shape index (κ1) is 11.9. The molecular weight excluding hydrogens is 212 g/mol. The molecule has 2 rings (SSSR count). The van der Waals surface area contributed by atoms with Gasteiger partial charge < -0.3 is 10.5 Å². The second kappa shape index (κ2) is 5.15. The third-order valence-electron chi connectivity index (χ3n) is 2.87. The minimum absolute atomic E-state index is 0.161. The van der Waals surface area contributed by atoms with E-state index in [0.29, 0.717) is 12.4 Å². The Morgan fingerprint density at radius 3 is 2.82 bits per heavy atom. The summed E-state index contributed by atoms with van der Waals surface area (Å²) in [6, 6.07) is 10.1. The second-order valence-corrected chi connectivity index (χ2v) is 4.19. The molecule has 0 bridgehead atoms. The van der Waals surface area contributed by atoms with Gasteiger partial charge in [0, 0.05) is 17.5 Å². The van der Waals surface area contributed by atoms with Crippen molar-refractivity contribution in [3.8, 4) is 5.88 Å². The fourth-order valence-corrected chi connectivity index (χ4v) is 1.66. The van der Waals surface area contributed by atoms with Gasteiger partial charge in [0.25, 0.3) is 0 Å². The average molecular weight is 230 g/mol. The Labute approximate surface area is 102 Å². The lowest BCUT2D eigenvalue weighted by Crippen LogP contribution is -2.13. The standard InChI is InChI=1S/C14H18N2O/c1-3-10(2)17-14-12(9-15)8-11-6-4-5-7-13(11)16-14/h4-8,10H,3,9,15H2,1-2H3. The van der Waals surface area contributed by atoms with Gasteiger partial charge in [-0.25, -0.2) is 4.98 Å². The molecule has 0 fully saturated rings. The third-order valence-corrected chi connectivity index (χ3v) is 2.87. The van der Waals surface area contributed by atoms with Crippen LogP contribution in [0, 0.1) is 0 Å². The highest BCUT2D eigenvalue weighted by Gasteiger charge is 2.09. The Hall–Kier alpha value is -1.61. The summed E-state index contributed by atoms with van der Waals surface area (Å²) in [4.78, 5) is 4.53. The number of ether oxygens (including phenoxy) is 1. The zero-order valence-corrected chi connectivity index (χ0v) is 10.3. The molecule has 1 atom stereocenters. The monoisotopic (exact) mass is 230 g/mol. The fourth-order valence-electron chi connectivity index (χ4n) is 1.66. The van der Waals surface area contributed by atoms with Gasteiger partial charge in [0.1, 0.15) is 0 Å². The number of aromatic nitrogens is 1. The number of rotatable bonds is 4. The summed E-state index contributed by atoms with van der Waals surface area (Å²) in [5.41, 5.74) is 7.65. The van der Waals surface area contributed by atoms with E-state index >= 15 is 0 Å².